The molecular weight excluding hydrogens is 404 g/mol. The SMILES string of the molecule is Cc1nnc(CN=C(NCCN2CCOCC2)NC2CCCN(c3ccccc3)C2)n1C. The van der Waals surface area contributed by atoms with Crippen LogP contribution in [0.4, 0.5) is 5.69 Å². The van der Waals surface area contributed by atoms with Crippen molar-refractivity contribution in [2.45, 2.75) is 32.4 Å². The maximum atomic E-state index is 5.46. The summed E-state index contributed by atoms with van der Waals surface area (Å²) in [6.45, 7) is 9.98. The normalized spacial score (nSPS) is 20.4. The number of anilines is 1. The predicted molar refractivity (Wildman–Crippen MR) is 127 cm³/mol. The molecule has 0 saturated carbocycles. The predicted octanol–water partition coefficient (Wildman–Crippen LogP) is 1.16. The molecule has 4 rings (SSSR count). The second kappa shape index (κ2) is 11.3. The summed E-state index contributed by atoms with van der Waals surface area (Å²) in [6.07, 6.45) is 2.30. The summed E-state index contributed by atoms with van der Waals surface area (Å²) in [6, 6.07) is 11.0. The van der Waals surface area contributed by atoms with E-state index in [9.17, 15) is 0 Å². The molecule has 9 nitrogen and oxygen atoms in total. The summed E-state index contributed by atoms with van der Waals surface area (Å²) >= 11 is 0. The van der Waals surface area contributed by atoms with Gasteiger partial charge in [0.05, 0.1) is 13.2 Å². The standard InChI is InChI=1S/C23H36N8O/c1-19-27-28-22(29(19)2)17-25-23(24-10-12-30-13-15-32-16-14-30)26-20-7-6-11-31(18-20)21-8-4-3-5-9-21/h3-5,8-9,20H,6-7,10-18H2,1-2H3,(H2,24,25,26). The molecule has 0 radical (unpaired) electrons. The fourth-order valence-electron chi connectivity index (χ4n) is 4.21. The molecule has 1 aromatic heterocycles. The number of nitrogens with one attached hydrogen (secondary N) is 2. The van der Waals surface area contributed by atoms with Crippen LogP contribution in [0.25, 0.3) is 0 Å². The van der Waals surface area contributed by atoms with Crippen molar-refractivity contribution < 1.29 is 4.74 Å². The first-order valence-corrected chi connectivity index (χ1v) is 11.7. The van der Waals surface area contributed by atoms with Crippen LogP contribution >= 0.6 is 0 Å². The molecule has 2 N–H and O–H groups in total. The van der Waals surface area contributed by atoms with Gasteiger partial charge in [-0.3, -0.25) is 4.90 Å². The number of piperidine rings is 1. The molecule has 174 valence electrons. The molecule has 32 heavy (non-hydrogen) atoms. The molecular formula is C23H36N8O. The lowest BCUT2D eigenvalue weighted by atomic mass is 10.1. The lowest BCUT2D eigenvalue weighted by Crippen LogP contribution is -2.52. The number of rotatable bonds is 7. The number of aryl methyl sites for hydroxylation is 1. The summed E-state index contributed by atoms with van der Waals surface area (Å²) in [5, 5.41) is 15.6. The second-order valence-electron chi connectivity index (χ2n) is 8.53. The Balaban J connectivity index is 1.38. The van der Waals surface area contributed by atoms with Gasteiger partial charge in [0, 0.05) is 58.0 Å². The van der Waals surface area contributed by atoms with Crippen molar-refractivity contribution in [3.63, 3.8) is 0 Å². The highest BCUT2D eigenvalue weighted by atomic mass is 16.5. The van der Waals surface area contributed by atoms with E-state index in [2.05, 4.69) is 61.0 Å². The number of para-hydroxylation sites is 1. The van der Waals surface area contributed by atoms with Gasteiger partial charge in [0.1, 0.15) is 12.4 Å². The summed E-state index contributed by atoms with van der Waals surface area (Å²) in [4.78, 5) is 9.74. The van der Waals surface area contributed by atoms with Gasteiger partial charge < -0.3 is 24.8 Å². The molecule has 1 atom stereocenters. The van der Waals surface area contributed by atoms with Crippen LogP contribution in [0, 0.1) is 6.92 Å². The molecule has 2 fully saturated rings. The van der Waals surface area contributed by atoms with Crippen molar-refractivity contribution >= 4 is 11.6 Å². The lowest BCUT2D eigenvalue weighted by Gasteiger charge is -2.35. The maximum Gasteiger partial charge on any atom is 0.192 e. The van der Waals surface area contributed by atoms with Gasteiger partial charge >= 0.3 is 0 Å². The summed E-state index contributed by atoms with van der Waals surface area (Å²) in [5.41, 5.74) is 1.28. The van der Waals surface area contributed by atoms with Gasteiger partial charge in [0.25, 0.3) is 0 Å². The van der Waals surface area contributed by atoms with Gasteiger partial charge in [0.15, 0.2) is 11.8 Å². The van der Waals surface area contributed by atoms with Crippen LogP contribution in [-0.2, 0) is 18.3 Å². The van der Waals surface area contributed by atoms with Crippen molar-refractivity contribution in [3.05, 3.63) is 42.0 Å². The average Bonchev–Trinajstić information content (AvgIpc) is 3.16. The molecule has 0 aliphatic carbocycles. The van der Waals surface area contributed by atoms with Crippen LogP contribution in [0.2, 0.25) is 0 Å². The number of aliphatic imine (C=N–C) groups is 1. The van der Waals surface area contributed by atoms with E-state index in [0.29, 0.717) is 12.6 Å². The third kappa shape index (κ3) is 6.20. The van der Waals surface area contributed by atoms with Crippen molar-refractivity contribution in [3.8, 4) is 0 Å². The highest BCUT2D eigenvalue weighted by molar-refractivity contribution is 5.80. The van der Waals surface area contributed by atoms with Gasteiger partial charge in [-0.2, -0.15) is 0 Å². The Morgan fingerprint density at radius 2 is 1.97 bits per heavy atom. The minimum atomic E-state index is 0.347. The first-order chi connectivity index (χ1) is 15.7. The summed E-state index contributed by atoms with van der Waals surface area (Å²) < 4.78 is 7.45. The Morgan fingerprint density at radius 1 is 1.16 bits per heavy atom. The smallest absolute Gasteiger partial charge is 0.192 e. The zero-order valence-corrected chi connectivity index (χ0v) is 19.3. The van der Waals surface area contributed by atoms with E-state index in [1.807, 2.05) is 18.5 Å². The fourth-order valence-corrected chi connectivity index (χ4v) is 4.21. The molecule has 0 amide bonds. The molecule has 0 spiro atoms. The van der Waals surface area contributed by atoms with E-state index in [4.69, 9.17) is 9.73 Å². The Hall–Kier alpha value is -2.65. The number of hydrogen-bond donors (Lipinski definition) is 2. The number of guanidine groups is 1. The van der Waals surface area contributed by atoms with E-state index in [0.717, 1.165) is 82.9 Å². The van der Waals surface area contributed by atoms with Crippen molar-refractivity contribution in [2.75, 3.05) is 57.4 Å². The first-order valence-electron chi connectivity index (χ1n) is 11.7. The van der Waals surface area contributed by atoms with E-state index in [-0.39, 0.29) is 0 Å². The highest BCUT2D eigenvalue weighted by Gasteiger charge is 2.21. The topological polar surface area (TPSA) is 82.8 Å². The van der Waals surface area contributed by atoms with Gasteiger partial charge in [-0.25, -0.2) is 4.99 Å². The third-order valence-electron chi connectivity index (χ3n) is 6.27. The Kier molecular flexibility index (Phi) is 7.95. The van der Waals surface area contributed by atoms with E-state index >= 15 is 0 Å². The van der Waals surface area contributed by atoms with Gasteiger partial charge in [-0.05, 0) is 31.9 Å². The number of benzene rings is 1. The quantitative estimate of drug-likeness (QED) is 0.494. The van der Waals surface area contributed by atoms with Crippen LogP contribution in [0.1, 0.15) is 24.5 Å². The third-order valence-corrected chi connectivity index (χ3v) is 6.27. The molecule has 1 aromatic carbocycles. The molecule has 3 heterocycles. The molecule has 2 aromatic rings. The van der Waals surface area contributed by atoms with Crippen molar-refractivity contribution in [1.29, 1.82) is 0 Å². The first kappa shape index (κ1) is 22.5. The molecule has 2 aliphatic rings. The van der Waals surface area contributed by atoms with Crippen LogP contribution in [0.15, 0.2) is 35.3 Å². The fraction of sp³-hybridized carbons (Fsp3) is 0.609. The van der Waals surface area contributed by atoms with Gasteiger partial charge in [-0.15, -0.1) is 10.2 Å². The van der Waals surface area contributed by atoms with E-state index in [1.165, 1.54) is 5.69 Å². The second-order valence-corrected chi connectivity index (χ2v) is 8.53. The molecule has 1 unspecified atom stereocenters. The van der Waals surface area contributed by atoms with Gasteiger partial charge in [0.2, 0.25) is 0 Å². The van der Waals surface area contributed by atoms with Crippen molar-refractivity contribution in [2.24, 2.45) is 12.0 Å². The van der Waals surface area contributed by atoms with Crippen molar-refractivity contribution in [1.82, 2.24) is 30.3 Å². The average molecular weight is 441 g/mol. The number of nitrogens with zero attached hydrogens (tertiary/aromatic N) is 6. The largest absolute Gasteiger partial charge is 0.379 e. The lowest BCUT2D eigenvalue weighted by molar-refractivity contribution is 0.0389. The van der Waals surface area contributed by atoms with Crippen LogP contribution in [0.5, 0.6) is 0 Å². The number of morpholine rings is 1. The highest BCUT2D eigenvalue weighted by Crippen LogP contribution is 2.19. The minimum Gasteiger partial charge on any atom is -0.379 e. The van der Waals surface area contributed by atoms with E-state index in [1.54, 1.807) is 0 Å². The molecule has 9 heteroatoms. The monoisotopic (exact) mass is 440 g/mol. The molecule has 0 bridgehead atoms. The Bertz CT molecular complexity index is 862. The Morgan fingerprint density at radius 3 is 2.72 bits per heavy atom. The number of ether oxygens (including phenoxy) is 1. The summed E-state index contributed by atoms with van der Waals surface area (Å²) in [5.74, 6) is 2.61. The molecule has 2 aliphatic heterocycles. The zero-order chi connectivity index (χ0) is 22.2. The number of hydrogen-bond acceptors (Lipinski definition) is 6. The van der Waals surface area contributed by atoms with Crippen LogP contribution in [0.3, 0.4) is 0 Å². The van der Waals surface area contributed by atoms with Crippen LogP contribution < -0.4 is 15.5 Å². The number of aromatic nitrogens is 3. The minimum absolute atomic E-state index is 0.347. The van der Waals surface area contributed by atoms with E-state index < -0.39 is 0 Å². The molecule has 2 saturated heterocycles. The summed E-state index contributed by atoms with van der Waals surface area (Å²) in [7, 11) is 1.98. The zero-order valence-electron chi connectivity index (χ0n) is 19.3. The van der Waals surface area contributed by atoms with Gasteiger partial charge in [-0.1, -0.05) is 18.2 Å². The van der Waals surface area contributed by atoms with Crippen LogP contribution in [-0.4, -0.2) is 84.1 Å². The Labute approximate surface area is 190 Å². The maximum absolute atomic E-state index is 5.46.